The summed E-state index contributed by atoms with van der Waals surface area (Å²) in [6.45, 7) is 6.56. The number of hydrogen-bond acceptors (Lipinski definition) is 3. The lowest BCUT2D eigenvalue weighted by molar-refractivity contribution is -0.142. The number of nitrogens with zero attached hydrogens (tertiary/aromatic N) is 1. The van der Waals surface area contributed by atoms with Crippen LogP contribution in [-0.4, -0.2) is 35.9 Å². The van der Waals surface area contributed by atoms with Gasteiger partial charge in [-0.15, -0.1) is 0 Å². The van der Waals surface area contributed by atoms with E-state index in [2.05, 4.69) is 21.2 Å². The van der Waals surface area contributed by atoms with Crippen LogP contribution in [0.25, 0.3) is 10.8 Å². The summed E-state index contributed by atoms with van der Waals surface area (Å²) in [7, 11) is 0. The molecular weight excluding hydrogens is 468 g/mol. The normalized spacial score (nSPS) is 11.9. The van der Waals surface area contributed by atoms with Crippen LogP contribution < -0.4 is 10.1 Å². The van der Waals surface area contributed by atoms with E-state index in [9.17, 15) is 9.59 Å². The number of nitrogens with one attached hydrogen (secondary N) is 1. The van der Waals surface area contributed by atoms with E-state index >= 15 is 0 Å². The molecule has 0 bridgehead atoms. The van der Waals surface area contributed by atoms with E-state index in [1.54, 1.807) is 11.8 Å². The van der Waals surface area contributed by atoms with E-state index in [1.165, 1.54) is 0 Å². The largest absolute Gasteiger partial charge is 0.483 e. The Hall–Kier alpha value is -2.86. The molecule has 3 rings (SSSR count). The first kappa shape index (κ1) is 23.8. The van der Waals surface area contributed by atoms with Crippen molar-refractivity contribution in [2.45, 2.75) is 33.4 Å². The molecule has 3 aromatic rings. The van der Waals surface area contributed by atoms with Crippen molar-refractivity contribution in [2.24, 2.45) is 5.92 Å². The van der Waals surface area contributed by atoms with Gasteiger partial charge in [0.1, 0.15) is 11.8 Å². The highest BCUT2D eigenvalue weighted by Gasteiger charge is 2.26. The number of rotatable bonds is 9. The Labute approximate surface area is 197 Å². The van der Waals surface area contributed by atoms with Crippen molar-refractivity contribution in [3.05, 3.63) is 76.8 Å². The Bertz CT molecular complexity index is 1070. The SMILES string of the molecule is CC(C)CNC(=O)[C@@H](C)N(Cc1ccccc1)C(=O)COc1ccc2ccccc2c1Br. The van der Waals surface area contributed by atoms with Gasteiger partial charge in [0.15, 0.2) is 6.61 Å². The average Bonchev–Trinajstić information content (AvgIpc) is 2.80. The first-order valence-electron chi connectivity index (χ1n) is 10.8. The molecular formula is C26H29BrN2O3. The van der Waals surface area contributed by atoms with E-state index in [1.807, 2.05) is 80.6 Å². The number of carbonyl (C=O) groups excluding carboxylic acids is 2. The Kier molecular flexibility index (Phi) is 8.28. The van der Waals surface area contributed by atoms with Crippen LogP contribution in [0.2, 0.25) is 0 Å². The predicted molar refractivity (Wildman–Crippen MR) is 131 cm³/mol. The molecule has 1 N–H and O–H groups in total. The Morgan fingerprint density at radius 2 is 1.66 bits per heavy atom. The second kappa shape index (κ2) is 11.1. The first-order chi connectivity index (χ1) is 15.4. The maximum atomic E-state index is 13.2. The number of fused-ring (bicyclic) bond motifs is 1. The van der Waals surface area contributed by atoms with Gasteiger partial charge in [0.05, 0.1) is 4.47 Å². The molecule has 0 aliphatic carbocycles. The lowest BCUT2D eigenvalue weighted by Gasteiger charge is -2.29. The monoisotopic (exact) mass is 496 g/mol. The third-order valence-electron chi connectivity index (χ3n) is 5.23. The van der Waals surface area contributed by atoms with E-state index in [0.29, 0.717) is 24.8 Å². The van der Waals surface area contributed by atoms with Crippen LogP contribution in [0.5, 0.6) is 5.75 Å². The van der Waals surface area contributed by atoms with Crippen LogP contribution in [0.1, 0.15) is 26.3 Å². The summed E-state index contributed by atoms with van der Waals surface area (Å²) in [5.74, 6) is 0.502. The second-order valence-corrected chi connectivity index (χ2v) is 9.00. The fraction of sp³-hybridized carbons (Fsp3) is 0.308. The maximum absolute atomic E-state index is 13.2. The van der Waals surface area contributed by atoms with E-state index < -0.39 is 6.04 Å². The Morgan fingerprint density at radius 1 is 0.969 bits per heavy atom. The molecule has 0 saturated carbocycles. The topological polar surface area (TPSA) is 58.6 Å². The van der Waals surface area contributed by atoms with Crippen LogP contribution in [0.3, 0.4) is 0 Å². The third kappa shape index (κ3) is 6.10. The molecule has 0 aliphatic heterocycles. The summed E-state index contributed by atoms with van der Waals surface area (Å²) in [6, 6.07) is 20.8. The predicted octanol–water partition coefficient (Wildman–Crippen LogP) is 5.17. The van der Waals surface area contributed by atoms with Crippen LogP contribution in [0.15, 0.2) is 71.2 Å². The van der Waals surface area contributed by atoms with Crippen molar-refractivity contribution in [3.8, 4) is 5.75 Å². The van der Waals surface area contributed by atoms with E-state index in [4.69, 9.17) is 4.74 Å². The third-order valence-corrected chi connectivity index (χ3v) is 6.04. The molecule has 2 amide bonds. The minimum absolute atomic E-state index is 0.161. The first-order valence-corrected chi connectivity index (χ1v) is 11.6. The molecule has 32 heavy (non-hydrogen) atoms. The fourth-order valence-corrected chi connectivity index (χ4v) is 3.97. The fourth-order valence-electron chi connectivity index (χ4n) is 3.36. The highest BCUT2D eigenvalue weighted by Crippen LogP contribution is 2.33. The Balaban J connectivity index is 1.75. The minimum atomic E-state index is -0.620. The molecule has 6 heteroatoms. The lowest BCUT2D eigenvalue weighted by Crippen LogP contribution is -2.49. The van der Waals surface area contributed by atoms with Crippen LogP contribution in [0, 0.1) is 5.92 Å². The van der Waals surface area contributed by atoms with Crippen LogP contribution in [0.4, 0.5) is 0 Å². The molecule has 0 unspecified atom stereocenters. The zero-order chi connectivity index (χ0) is 23.1. The van der Waals surface area contributed by atoms with Crippen molar-refractivity contribution in [1.82, 2.24) is 10.2 Å². The van der Waals surface area contributed by atoms with Gasteiger partial charge in [0, 0.05) is 13.1 Å². The van der Waals surface area contributed by atoms with Gasteiger partial charge in [-0.25, -0.2) is 0 Å². The smallest absolute Gasteiger partial charge is 0.261 e. The summed E-state index contributed by atoms with van der Waals surface area (Å²) in [6.07, 6.45) is 0. The number of benzene rings is 3. The molecule has 3 aromatic carbocycles. The summed E-state index contributed by atoms with van der Waals surface area (Å²) < 4.78 is 6.69. The molecule has 0 aromatic heterocycles. The molecule has 168 valence electrons. The minimum Gasteiger partial charge on any atom is -0.483 e. The maximum Gasteiger partial charge on any atom is 0.261 e. The van der Waals surface area contributed by atoms with Gasteiger partial charge in [0.25, 0.3) is 5.91 Å². The highest BCUT2D eigenvalue weighted by atomic mass is 79.9. The zero-order valence-electron chi connectivity index (χ0n) is 18.7. The summed E-state index contributed by atoms with van der Waals surface area (Å²) in [5, 5.41) is 5.02. The molecule has 0 aliphatic rings. The number of amides is 2. The summed E-state index contributed by atoms with van der Waals surface area (Å²) in [5.41, 5.74) is 0.955. The zero-order valence-corrected chi connectivity index (χ0v) is 20.3. The van der Waals surface area contributed by atoms with Crippen molar-refractivity contribution in [1.29, 1.82) is 0 Å². The van der Waals surface area contributed by atoms with Crippen molar-refractivity contribution in [3.63, 3.8) is 0 Å². The molecule has 0 fully saturated rings. The molecule has 0 radical (unpaired) electrons. The highest BCUT2D eigenvalue weighted by molar-refractivity contribution is 9.10. The standard InChI is InChI=1S/C26H29BrN2O3/c1-18(2)15-28-26(31)19(3)29(16-20-9-5-4-6-10-20)24(30)17-32-23-14-13-21-11-7-8-12-22(21)25(23)27/h4-14,18-19H,15-17H2,1-3H3,(H,28,31)/t19-/m1/s1. The molecule has 0 heterocycles. The van der Waals surface area contributed by atoms with Gasteiger partial charge in [0.2, 0.25) is 5.91 Å². The van der Waals surface area contributed by atoms with E-state index in [0.717, 1.165) is 20.8 Å². The van der Waals surface area contributed by atoms with Crippen molar-refractivity contribution in [2.75, 3.05) is 13.2 Å². The van der Waals surface area contributed by atoms with Crippen LogP contribution >= 0.6 is 15.9 Å². The number of ether oxygens (including phenoxy) is 1. The number of halogens is 1. The lowest BCUT2D eigenvalue weighted by atomic mass is 10.1. The molecule has 0 spiro atoms. The van der Waals surface area contributed by atoms with Gasteiger partial charge >= 0.3 is 0 Å². The number of hydrogen-bond donors (Lipinski definition) is 1. The van der Waals surface area contributed by atoms with Gasteiger partial charge in [-0.2, -0.15) is 0 Å². The molecule has 1 atom stereocenters. The summed E-state index contributed by atoms with van der Waals surface area (Å²) in [4.78, 5) is 27.5. The number of carbonyl (C=O) groups is 2. The average molecular weight is 497 g/mol. The molecule has 0 saturated heterocycles. The van der Waals surface area contributed by atoms with Crippen molar-refractivity contribution >= 4 is 38.5 Å². The second-order valence-electron chi connectivity index (χ2n) is 8.21. The van der Waals surface area contributed by atoms with E-state index in [-0.39, 0.29) is 18.4 Å². The molecule has 5 nitrogen and oxygen atoms in total. The Morgan fingerprint density at radius 3 is 2.38 bits per heavy atom. The van der Waals surface area contributed by atoms with Gasteiger partial charge in [-0.3, -0.25) is 9.59 Å². The van der Waals surface area contributed by atoms with Gasteiger partial charge in [-0.1, -0.05) is 74.5 Å². The summed E-state index contributed by atoms with van der Waals surface area (Å²) >= 11 is 3.59. The van der Waals surface area contributed by atoms with Gasteiger partial charge < -0.3 is 15.0 Å². The van der Waals surface area contributed by atoms with Gasteiger partial charge in [-0.05, 0) is 51.2 Å². The van der Waals surface area contributed by atoms with Crippen LogP contribution in [-0.2, 0) is 16.1 Å². The van der Waals surface area contributed by atoms with Crippen molar-refractivity contribution < 1.29 is 14.3 Å². The quantitative estimate of drug-likeness (QED) is 0.444.